The number of aryl methyl sites for hydroxylation is 1. The quantitative estimate of drug-likeness (QED) is 0.798. The SMILES string of the molecule is Cc1noc([C@]23C[C@H](NC(=O)c4cc(Cl)ccc4F)CC2CN(C(=O)C(C)C)C3)n1. The first-order valence-corrected chi connectivity index (χ1v) is 10.4. The Kier molecular flexibility index (Phi) is 5.30. The first kappa shape index (κ1) is 20.8. The van der Waals surface area contributed by atoms with Gasteiger partial charge < -0.3 is 14.7 Å². The Morgan fingerprint density at radius 3 is 2.83 bits per heavy atom. The summed E-state index contributed by atoms with van der Waals surface area (Å²) in [6.45, 7) is 6.54. The molecule has 3 atom stereocenters. The lowest BCUT2D eigenvalue weighted by Crippen LogP contribution is -2.40. The molecule has 0 radical (unpaired) electrons. The molecule has 1 aromatic carbocycles. The molecule has 160 valence electrons. The fourth-order valence-corrected chi connectivity index (χ4v) is 4.95. The maximum absolute atomic E-state index is 14.1. The fourth-order valence-electron chi connectivity index (χ4n) is 4.78. The summed E-state index contributed by atoms with van der Waals surface area (Å²) in [5, 5.41) is 7.16. The van der Waals surface area contributed by atoms with Crippen LogP contribution in [0.1, 0.15) is 48.8 Å². The molecule has 0 bridgehead atoms. The van der Waals surface area contributed by atoms with Crippen molar-refractivity contribution in [2.45, 2.75) is 45.1 Å². The molecule has 2 aliphatic rings. The predicted octanol–water partition coefficient (Wildman–Crippen LogP) is 3.12. The summed E-state index contributed by atoms with van der Waals surface area (Å²) < 4.78 is 19.6. The van der Waals surface area contributed by atoms with Crippen molar-refractivity contribution in [1.82, 2.24) is 20.4 Å². The van der Waals surface area contributed by atoms with Crippen molar-refractivity contribution in [2.75, 3.05) is 13.1 Å². The van der Waals surface area contributed by atoms with Gasteiger partial charge in [-0.3, -0.25) is 9.59 Å². The van der Waals surface area contributed by atoms with Crippen molar-refractivity contribution in [3.63, 3.8) is 0 Å². The maximum Gasteiger partial charge on any atom is 0.254 e. The number of carbonyl (C=O) groups is 2. The number of amides is 2. The van der Waals surface area contributed by atoms with Gasteiger partial charge in [0.05, 0.1) is 11.0 Å². The second kappa shape index (κ2) is 7.65. The minimum atomic E-state index is -0.619. The molecule has 30 heavy (non-hydrogen) atoms. The van der Waals surface area contributed by atoms with E-state index < -0.39 is 17.1 Å². The topological polar surface area (TPSA) is 88.3 Å². The summed E-state index contributed by atoms with van der Waals surface area (Å²) in [5.74, 6) is -0.0595. The molecule has 1 aromatic heterocycles. The van der Waals surface area contributed by atoms with Crippen LogP contribution in [0.3, 0.4) is 0 Å². The number of likely N-dealkylation sites (tertiary alicyclic amines) is 1. The Labute approximate surface area is 179 Å². The van der Waals surface area contributed by atoms with Gasteiger partial charge in [-0.05, 0) is 43.9 Å². The van der Waals surface area contributed by atoms with Crippen LogP contribution in [0, 0.1) is 24.6 Å². The van der Waals surface area contributed by atoms with Gasteiger partial charge in [-0.15, -0.1) is 0 Å². The summed E-state index contributed by atoms with van der Waals surface area (Å²) in [6.07, 6.45) is 1.17. The third kappa shape index (κ3) is 3.57. The number of carbonyl (C=O) groups excluding carboxylic acids is 2. The highest BCUT2D eigenvalue weighted by atomic mass is 35.5. The number of hydrogen-bond acceptors (Lipinski definition) is 5. The molecule has 1 N–H and O–H groups in total. The molecule has 1 unspecified atom stereocenters. The van der Waals surface area contributed by atoms with Gasteiger partial charge in [0.2, 0.25) is 11.8 Å². The van der Waals surface area contributed by atoms with E-state index in [1.165, 1.54) is 18.2 Å². The van der Waals surface area contributed by atoms with Crippen LogP contribution in [0.4, 0.5) is 4.39 Å². The minimum Gasteiger partial charge on any atom is -0.349 e. The molecule has 9 heteroatoms. The van der Waals surface area contributed by atoms with Crippen LogP contribution in [0.2, 0.25) is 5.02 Å². The van der Waals surface area contributed by atoms with Gasteiger partial charge >= 0.3 is 0 Å². The van der Waals surface area contributed by atoms with Crippen LogP contribution in [-0.4, -0.2) is 46.0 Å². The van der Waals surface area contributed by atoms with Gasteiger partial charge in [-0.25, -0.2) is 4.39 Å². The van der Waals surface area contributed by atoms with Crippen LogP contribution < -0.4 is 5.32 Å². The summed E-state index contributed by atoms with van der Waals surface area (Å²) in [4.78, 5) is 31.6. The number of halogens is 2. The Morgan fingerprint density at radius 2 is 2.17 bits per heavy atom. The van der Waals surface area contributed by atoms with Crippen LogP contribution in [0.25, 0.3) is 0 Å². The highest BCUT2D eigenvalue weighted by Gasteiger charge is 2.58. The molecule has 2 fully saturated rings. The number of nitrogens with zero attached hydrogens (tertiary/aromatic N) is 3. The van der Waals surface area contributed by atoms with Gasteiger partial charge in [0, 0.05) is 30.1 Å². The van der Waals surface area contributed by atoms with Crippen molar-refractivity contribution in [3.8, 4) is 0 Å². The molecule has 2 amide bonds. The lowest BCUT2D eigenvalue weighted by Gasteiger charge is -2.26. The van der Waals surface area contributed by atoms with Crippen LogP contribution in [0.15, 0.2) is 22.7 Å². The molecule has 2 heterocycles. The normalized spacial score (nSPS) is 25.6. The van der Waals surface area contributed by atoms with Gasteiger partial charge in [0.15, 0.2) is 5.82 Å². The summed E-state index contributed by atoms with van der Waals surface area (Å²) in [6, 6.07) is 3.70. The van der Waals surface area contributed by atoms with Crippen LogP contribution in [-0.2, 0) is 10.2 Å². The average Bonchev–Trinajstić information content (AvgIpc) is 3.35. The van der Waals surface area contributed by atoms with E-state index in [4.69, 9.17) is 16.1 Å². The number of rotatable bonds is 4. The van der Waals surface area contributed by atoms with E-state index in [1.807, 2.05) is 18.7 Å². The van der Waals surface area contributed by atoms with Gasteiger partial charge in [0.1, 0.15) is 5.82 Å². The minimum absolute atomic E-state index is 0.0644. The third-order valence-corrected chi connectivity index (χ3v) is 6.38. The predicted molar refractivity (Wildman–Crippen MR) is 108 cm³/mol. The lowest BCUT2D eigenvalue weighted by atomic mass is 9.80. The zero-order valence-corrected chi connectivity index (χ0v) is 17.9. The molecule has 1 saturated heterocycles. The van der Waals surface area contributed by atoms with Gasteiger partial charge in [0.25, 0.3) is 5.91 Å². The smallest absolute Gasteiger partial charge is 0.254 e. The zero-order valence-electron chi connectivity index (χ0n) is 17.1. The lowest BCUT2D eigenvalue weighted by molar-refractivity contribution is -0.133. The van der Waals surface area contributed by atoms with Crippen LogP contribution >= 0.6 is 11.6 Å². The highest BCUT2D eigenvalue weighted by Crippen LogP contribution is 2.50. The number of hydrogen-bond donors (Lipinski definition) is 1. The Balaban J connectivity index is 1.57. The van der Waals surface area contributed by atoms with E-state index in [1.54, 1.807) is 6.92 Å². The first-order valence-electron chi connectivity index (χ1n) is 10.0. The molecule has 1 aliphatic carbocycles. The van der Waals surface area contributed by atoms with E-state index in [0.29, 0.717) is 42.7 Å². The van der Waals surface area contributed by atoms with Gasteiger partial charge in [-0.1, -0.05) is 30.6 Å². The summed E-state index contributed by atoms with van der Waals surface area (Å²) >= 11 is 5.92. The average molecular weight is 435 g/mol. The molecular weight excluding hydrogens is 411 g/mol. The summed E-state index contributed by atoms with van der Waals surface area (Å²) in [5.41, 5.74) is -0.602. The zero-order chi connectivity index (χ0) is 21.6. The Morgan fingerprint density at radius 1 is 1.40 bits per heavy atom. The maximum atomic E-state index is 14.1. The molecule has 4 rings (SSSR count). The standard InChI is InChI=1S/C21H24ClFN4O3/c1-11(2)19(29)27-9-13-6-15(8-21(13,10-27)20-24-12(3)26-30-20)25-18(28)16-7-14(22)4-5-17(16)23/h4-5,7,11,13,15H,6,8-10H2,1-3H3,(H,25,28)/t13?,15-,21+/m1/s1. The van der Waals surface area contributed by atoms with Crippen molar-refractivity contribution >= 4 is 23.4 Å². The van der Waals surface area contributed by atoms with Crippen molar-refractivity contribution < 1.29 is 18.5 Å². The van der Waals surface area contributed by atoms with E-state index in [-0.39, 0.29) is 29.3 Å². The van der Waals surface area contributed by atoms with Gasteiger partial charge in [-0.2, -0.15) is 4.98 Å². The Hall–Kier alpha value is -2.48. The number of aromatic nitrogens is 2. The van der Waals surface area contributed by atoms with E-state index >= 15 is 0 Å². The number of fused-ring (bicyclic) bond motifs is 1. The highest BCUT2D eigenvalue weighted by molar-refractivity contribution is 6.31. The van der Waals surface area contributed by atoms with Crippen molar-refractivity contribution in [1.29, 1.82) is 0 Å². The van der Waals surface area contributed by atoms with Crippen LogP contribution in [0.5, 0.6) is 0 Å². The largest absolute Gasteiger partial charge is 0.349 e. The number of benzene rings is 1. The van der Waals surface area contributed by atoms with E-state index in [0.717, 1.165) is 0 Å². The molecule has 1 aliphatic heterocycles. The van der Waals surface area contributed by atoms with E-state index in [9.17, 15) is 14.0 Å². The second-order valence-corrected chi connectivity index (χ2v) is 9.04. The monoisotopic (exact) mass is 434 g/mol. The molecule has 2 aromatic rings. The van der Waals surface area contributed by atoms with Crippen molar-refractivity contribution in [2.24, 2.45) is 11.8 Å². The molecular formula is C21H24ClFN4O3. The second-order valence-electron chi connectivity index (χ2n) is 8.61. The third-order valence-electron chi connectivity index (χ3n) is 6.14. The molecule has 0 spiro atoms. The Bertz CT molecular complexity index is 994. The van der Waals surface area contributed by atoms with Crippen molar-refractivity contribution in [3.05, 3.63) is 46.3 Å². The molecule has 7 nitrogen and oxygen atoms in total. The number of nitrogens with one attached hydrogen (secondary N) is 1. The fraction of sp³-hybridized carbons (Fsp3) is 0.524. The molecule has 1 saturated carbocycles. The summed E-state index contributed by atoms with van der Waals surface area (Å²) in [7, 11) is 0. The first-order chi connectivity index (χ1) is 14.2. The van der Waals surface area contributed by atoms with E-state index in [2.05, 4.69) is 15.5 Å².